The fraction of sp³-hybridized carbons (Fsp3) is 0. The van der Waals surface area contributed by atoms with Gasteiger partial charge in [0.25, 0.3) is 5.91 Å². The van der Waals surface area contributed by atoms with Gasteiger partial charge in [-0.3, -0.25) is 4.79 Å². The van der Waals surface area contributed by atoms with Gasteiger partial charge in [-0.1, -0.05) is 5.16 Å². The largest absolute Gasteiger partial charge is 0.411 e. The van der Waals surface area contributed by atoms with Crippen LogP contribution < -0.4 is 5.32 Å². The Balaban J connectivity index is 2.82. The molecule has 0 fully saturated rings. The third kappa shape index (κ3) is 2.51. The van der Waals surface area contributed by atoms with E-state index in [-0.39, 0.29) is 5.69 Å². The summed E-state index contributed by atoms with van der Waals surface area (Å²) >= 11 is 0. The number of halogens is 2. The number of hydrogen-bond acceptors (Lipinski definition) is 3. The Bertz CT molecular complexity index is 380. The minimum atomic E-state index is -0.898. The van der Waals surface area contributed by atoms with Gasteiger partial charge in [-0.05, 0) is 12.1 Å². The van der Waals surface area contributed by atoms with Crippen LogP contribution in [0.3, 0.4) is 0 Å². The number of carbonyl (C=O) groups is 1. The molecule has 1 aromatic rings. The summed E-state index contributed by atoms with van der Waals surface area (Å²) in [4.78, 5) is 10.8. The molecule has 2 N–H and O–H groups in total. The smallest absolute Gasteiger partial charge is 0.270 e. The second-order valence-corrected chi connectivity index (χ2v) is 2.36. The van der Waals surface area contributed by atoms with Crippen molar-refractivity contribution < 1.29 is 18.8 Å². The van der Waals surface area contributed by atoms with Crippen molar-refractivity contribution in [3.8, 4) is 0 Å². The zero-order chi connectivity index (χ0) is 10.6. The van der Waals surface area contributed by atoms with Crippen LogP contribution in [-0.2, 0) is 4.79 Å². The summed E-state index contributed by atoms with van der Waals surface area (Å²) in [7, 11) is 0. The number of hydrogen-bond donors (Lipinski definition) is 2. The molecule has 14 heavy (non-hydrogen) atoms. The average molecular weight is 200 g/mol. The zero-order valence-electron chi connectivity index (χ0n) is 6.87. The SMILES string of the molecule is O=C(C=NO)Nc1ccc(F)cc1F. The van der Waals surface area contributed by atoms with Gasteiger partial charge in [-0.15, -0.1) is 0 Å². The molecule has 0 atom stereocenters. The van der Waals surface area contributed by atoms with Gasteiger partial charge in [0.2, 0.25) is 0 Å². The third-order valence-corrected chi connectivity index (χ3v) is 1.36. The minimum absolute atomic E-state index is 0.184. The average Bonchev–Trinajstić information content (AvgIpc) is 2.10. The lowest BCUT2D eigenvalue weighted by atomic mass is 10.3. The van der Waals surface area contributed by atoms with Gasteiger partial charge in [0, 0.05) is 6.07 Å². The molecule has 1 rings (SSSR count). The standard InChI is InChI=1S/C8H6F2N2O2/c9-5-1-2-7(6(10)3-5)12-8(13)4-11-14/h1-4,14H,(H,12,13). The highest BCUT2D eigenvalue weighted by molar-refractivity contribution is 6.31. The normalized spacial score (nSPS) is 10.4. The quantitative estimate of drug-likeness (QED) is 0.430. The zero-order valence-corrected chi connectivity index (χ0v) is 6.87. The molecule has 0 saturated heterocycles. The number of nitrogens with one attached hydrogen (secondary N) is 1. The molecule has 1 amide bonds. The first-order valence-electron chi connectivity index (χ1n) is 3.57. The lowest BCUT2D eigenvalue weighted by molar-refractivity contribution is -0.110. The maximum Gasteiger partial charge on any atom is 0.270 e. The highest BCUT2D eigenvalue weighted by atomic mass is 19.1. The fourth-order valence-corrected chi connectivity index (χ4v) is 0.808. The highest BCUT2D eigenvalue weighted by Crippen LogP contribution is 2.14. The second-order valence-electron chi connectivity index (χ2n) is 2.36. The van der Waals surface area contributed by atoms with Crippen molar-refractivity contribution in [2.75, 3.05) is 5.32 Å². The molecular formula is C8H6F2N2O2. The first-order valence-corrected chi connectivity index (χ1v) is 3.57. The molecule has 74 valence electrons. The second kappa shape index (κ2) is 4.31. The van der Waals surface area contributed by atoms with E-state index in [9.17, 15) is 13.6 Å². The van der Waals surface area contributed by atoms with Crippen LogP contribution in [0.5, 0.6) is 0 Å². The van der Waals surface area contributed by atoms with Crippen molar-refractivity contribution in [3.05, 3.63) is 29.8 Å². The predicted molar refractivity (Wildman–Crippen MR) is 45.3 cm³/mol. The van der Waals surface area contributed by atoms with Crippen LogP contribution in [-0.4, -0.2) is 17.3 Å². The van der Waals surface area contributed by atoms with E-state index >= 15 is 0 Å². The third-order valence-electron chi connectivity index (χ3n) is 1.36. The van der Waals surface area contributed by atoms with Crippen molar-refractivity contribution >= 4 is 17.8 Å². The first-order chi connectivity index (χ1) is 6.63. The topological polar surface area (TPSA) is 61.7 Å². The number of carbonyl (C=O) groups excluding carboxylic acids is 1. The fourth-order valence-electron chi connectivity index (χ4n) is 0.808. The van der Waals surface area contributed by atoms with Gasteiger partial charge in [-0.2, -0.15) is 0 Å². The van der Waals surface area contributed by atoms with Crippen LogP contribution in [0.1, 0.15) is 0 Å². The summed E-state index contributed by atoms with van der Waals surface area (Å²) in [5.41, 5.74) is -0.184. The maximum atomic E-state index is 12.9. The Morgan fingerprint density at radius 2 is 2.21 bits per heavy atom. The molecule has 0 radical (unpaired) electrons. The van der Waals surface area contributed by atoms with Crippen molar-refractivity contribution in [1.82, 2.24) is 0 Å². The summed E-state index contributed by atoms with van der Waals surface area (Å²) in [5, 5.41) is 12.5. The Hall–Kier alpha value is -1.98. The molecule has 0 aliphatic heterocycles. The number of rotatable bonds is 2. The van der Waals surface area contributed by atoms with Crippen molar-refractivity contribution in [3.63, 3.8) is 0 Å². The van der Waals surface area contributed by atoms with Gasteiger partial charge in [-0.25, -0.2) is 8.78 Å². The van der Waals surface area contributed by atoms with Gasteiger partial charge >= 0.3 is 0 Å². The summed E-state index contributed by atoms with van der Waals surface area (Å²) in [6, 6.07) is 2.69. The number of amides is 1. The Morgan fingerprint density at radius 3 is 2.79 bits per heavy atom. The summed E-state index contributed by atoms with van der Waals surface area (Å²) in [5.74, 6) is -2.45. The van der Waals surface area contributed by atoms with Gasteiger partial charge in [0.15, 0.2) is 0 Å². The number of nitrogens with zero attached hydrogens (tertiary/aromatic N) is 1. The number of oxime groups is 1. The molecule has 0 aromatic heterocycles. The van der Waals surface area contributed by atoms with Gasteiger partial charge in [0.1, 0.15) is 17.8 Å². The molecule has 0 aliphatic carbocycles. The van der Waals surface area contributed by atoms with Gasteiger partial charge in [0.05, 0.1) is 5.69 Å². The Morgan fingerprint density at radius 1 is 1.50 bits per heavy atom. The van der Waals surface area contributed by atoms with E-state index in [1.807, 2.05) is 5.32 Å². The van der Waals surface area contributed by atoms with E-state index in [4.69, 9.17) is 5.21 Å². The molecule has 0 unspecified atom stereocenters. The van der Waals surface area contributed by atoms with E-state index in [0.717, 1.165) is 12.1 Å². The van der Waals surface area contributed by atoms with Crippen molar-refractivity contribution in [1.29, 1.82) is 0 Å². The first kappa shape index (κ1) is 10.1. The van der Waals surface area contributed by atoms with E-state index in [2.05, 4.69) is 5.16 Å². The molecule has 1 aromatic carbocycles. The lowest BCUT2D eigenvalue weighted by Crippen LogP contribution is -2.13. The van der Waals surface area contributed by atoms with E-state index in [1.54, 1.807) is 0 Å². The number of benzene rings is 1. The summed E-state index contributed by atoms with van der Waals surface area (Å²) in [6.45, 7) is 0. The van der Waals surface area contributed by atoms with Crippen molar-refractivity contribution in [2.45, 2.75) is 0 Å². The monoisotopic (exact) mass is 200 g/mol. The van der Waals surface area contributed by atoms with Crippen LogP contribution >= 0.6 is 0 Å². The van der Waals surface area contributed by atoms with Crippen LogP contribution in [0.2, 0.25) is 0 Å². The van der Waals surface area contributed by atoms with Gasteiger partial charge < -0.3 is 10.5 Å². The van der Waals surface area contributed by atoms with Crippen molar-refractivity contribution in [2.24, 2.45) is 5.16 Å². The van der Waals surface area contributed by atoms with E-state index < -0.39 is 17.5 Å². The van der Waals surface area contributed by atoms with Crippen LogP contribution in [0.4, 0.5) is 14.5 Å². The Labute approximate surface area is 77.8 Å². The van der Waals surface area contributed by atoms with Crippen LogP contribution in [0, 0.1) is 11.6 Å². The summed E-state index contributed by atoms with van der Waals surface area (Å²) < 4.78 is 25.3. The summed E-state index contributed by atoms with van der Waals surface area (Å²) in [6.07, 6.45) is 0.558. The van der Waals surface area contributed by atoms with E-state index in [1.165, 1.54) is 0 Å². The molecule has 0 aliphatic rings. The van der Waals surface area contributed by atoms with Crippen LogP contribution in [0.25, 0.3) is 0 Å². The van der Waals surface area contributed by atoms with E-state index in [0.29, 0.717) is 12.3 Å². The molecule has 0 heterocycles. The molecule has 6 heteroatoms. The predicted octanol–water partition coefficient (Wildman–Crippen LogP) is 1.36. The maximum absolute atomic E-state index is 12.9. The van der Waals surface area contributed by atoms with Crippen LogP contribution in [0.15, 0.2) is 23.4 Å². The molecule has 0 saturated carbocycles. The highest BCUT2D eigenvalue weighted by Gasteiger charge is 2.05. The lowest BCUT2D eigenvalue weighted by Gasteiger charge is -2.02. The molecule has 4 nitrogen and oxygen atoms in total. The Kier molecular flexibility index (Phi) is 3.11. The minimum Gasteiger partial charge on any atom is -0.411 e. The molecule has 0 bridgehead atoms. The molecule has 0 spiro atoms. The molecular weight excluding hydrogens is 194 g/mol. The number of anilines is 1.